The average molecular weight is 227 g/mol. The first kappa shape index (κ1) is 12.4. The number of hydrogen-bond donors (Lipinski definition) is 2. The smallest absolute Gasteiger partial charge is 0.119 e. The first-order valence-corrected chi connectivity index (χ1v) is 5.75. The second-order valence-electron chi connectivity index (χ2n) is 3.67. The van der Waals surface area contributed by atoms with E-state index in [2.05, 4.69) is 0 Å². The molecule has 0 saturated carbocycles. The second kappa shape index (κ2) is 5.39. The molecular formula is C11H17NO2S. The van der Waals surface area contributed by atoms with Crippen LogP contribution in [0.2, 0.25) is 0 Å². The minimum atomic E-state index is -0.812. The Labute approximate surface area is 94.6 Å². The van der Waals surface area contributed by atoms with Crippen LogP contribution in [0.1, 0.15) is 6.92 Å². The molecule has 0 bridgehead atoms. The molecule has 0 aromatic heterocycles. The van der Waals surface area contributed by atoms with Gasteiger partial charge in [-0.2, -0.15) is 0 Å². The minimum Gasteiger partial charge on any atom is -0.497 e. The zero-order valence-corrected chi connectivity index (χ0v) is 9.88. The zero-order chi connectivity index (χ0) is 11.3. The van der Waals surface area contributed by atoms with E-state index in [1.165, 1.54) is 0 Å². The van der Waals surface area contributed by atoms with E-state index in [-0.39, 0.29) is 6.54 Å². The Kier molecular flexibility index (Phi) is 4.45. The molecule has 1 unspecified atom stereocenters. The van der Waals surface area contributed by atoms with Gasteiger partial charge in [0.25, 0.3) is 0 Å². The molecule has 0 amide bonds. The lowest BCUT2D eigenvalue weighted by atomic mass is 10.1. The van der Waals surface area contributed by atoms with E-state index in [0.29, 0.717) is 5.75 Å². The average Bonchev–Trinajstić information content (AvgIpc) is 2.27. The lowest BCUT2D eigenvalue weighted by Crippen LogP contribution is -2.36. The summed E-state index contributed by atoms with van der Waals surface area (Å²) in [5, 5.41) is 9.73. The fraction of sp³-hybridized carbons (Fsp3) is 0.455. The number of benzene rings is 1. The summed E-state index contributed by atoms with van der Waals surface area (Å²) in [5.41, 5.74) is 4.63. The fourth-order valence-electron chi connectivity index (χ4n) is 0.989. The predicted octanol–water partition coefficient (Wildman–Crippen LogP) is 1.50. The summed E-state index contributed by atoms with van der Waals surface area (Å²) in [6.45, 7) is 2.00. The van der Waals surface area contributed by atoms with Crippen LogP contribution in [0.5, 0.6) is 5.75 Å². The molecular weight excluding hydrogens is 210 g/mol. The largest absolute Gasteiger partial charge is 0.497 e. The maximum Gasteiger partial charge on any atom is 0.119 e. The molecule has 3 N–H and O–H groups in total. The number of aliphatic hydroxyl groups is 1. The van der Waals surface area contributed by atoms with Crippen LogP contribution < -0.4 is 10.5 Å². The van der Waals surface area contributed by atoms with E-state index >= 15 is 0 Å². The molecule has 1 atom stereocenters. The molecule has 1 aromatic rings. The monoisotopic (exact) mass is 227 g/mol. The van der Waals surface area contributed by atoms with Gasteiger partial charge in [-0.25, -0.2) is 0 Å². The number of thioether (sulfide) groups is 1. The lowest BCUT2D eigenvalue weighted by Gasteiger charge is -2.20. The summed E-state index contributed by atoms with van der Waals surface area (Å²) in [6, 6.07) is 7.75. The van der Waals surface area contributed by atoms with Crippen LogP contribution in [0.25, 0.3) is 0 Å². The van der Waals surface area contributed by atoms with Crippen molar-refractivity contribution in [1.82, 2.24) is 0 Å². The number of nitrogens with two attached hydrogens (primary N) is 1. The van der Waals surface area contributed by atoms with E-state index in [0.717, 1.165) is 10.6 Å². The van der Waals surface area contributed by atoms with Crippen LogP contribution in [0.3, 0.4) is 0 Å². The van der Waals surface area contributed by atoms with Crippen molar-refractivity contribution < 1.29 is 9.84 Å². The van der Waals surface area contributed by atoms with Crippen molar-refractivity contribution in [2.24, 2.45) is 5.73 Å². The quantitative estimate of drug-likeness (QED) is 0.748. The van der Waals surface area contributed by atoms with Crippen LogP contribution in [0, 0.1) is 0 Å². The highest BCUT2D eigenvalue weighted by molar-refractivity contribution is 7.99. The Morgan fingerprint density at radius 2 is 2.27 bits per heavy atom. The first-order chi connectivity index (χ1) is 7.07. The maximum atomic E-state index is 9.73. The van der Waals surface area contributed by atoms with Gasteiger partial charge in [0.2, 0.25) is 0 Å². The number of methoxy groups -OCH3 is 1. The third-order valence-electron chi connectivity index (χ3n) is 2.03. The topological polar surface area (TPSA) is 55.5 Å². The van der Waals surface area contributed by atoms with Crippen LogP contribution >= 0.6 is 11.8 Å². The van der Waals surface area contributed by atoms with Crippen LogP contribution in [-0.4, -0.2) is 30.1 Å². The minimum absolute atomic E-state index is 0.268. The molecule has 84 valence electrons. The van der Waals surface area contributed by atoms with Gasteiger partial charge in [0.05, 0.1) is 12.7 Å². The number of ether oxygens (including phenoxy) is 1. The fourth-order valence-corrected chi connectivity index (χ4v) is 1.96. The van der Waals surface area contributed by atoms with Crippen molar-refractivity contribution in [2.45, 2.75) is 17.4 Å². The summed E-state index contributed by atoms with van der Waals surface area (Å²) in [5.74, 6) is 1.41. The van der Waals surface area contributed by atoms with E-state index in [1.54, 1.807) is 25.8 Å². The molecule has 0 heterocycles. The standard InChI is InChI=1S/C11H17NO2S/c1-11(13,7-12)8-15-10-5-3-4-9(6-10)14-2/h3-6,13H,7-8,12H2,1-2H3. The van der Waals surface area contributed by atoms with Crippen molar-refractivity contribution in [3.63, 3.8) is 0 Å². The van der Waals surface area contributed by atoms with Crippen molar-refractivity contribution in [2.75, 3.05) is 19.4 Å². The van der Waals surface area contributed by atoms with Gasteiger partial charge in [0.15, 0.2) is 0 Å². The predicted molar refractivity (Wildman–Crippen MR) is 63.4 cm³/mol. The van der Waals surface area contributed by atoms with E-state index < -0.39 is 5.60 Å². The zero-order valence-electron chi connectivity index (χ0n) is 9.06. The molecule has 0 spiro atoms. The van der Waals surface area contributed by atoms with Crippen molar-refractivity contribution >= 4 is 11.8 Å². The molecule has 4 heteroatoms. The Hall–Kier alpha value is -0.710. The summed E-state index contributed by atoms with van der Waals surface area (Å²) in [6.07, 6.45) is 0. The van der Waals surface area contributed by atoms with E-state index in [9.17, 15) is 5.11 Å². The summed E-state index contributed by atoms with van der Waals surface area (Å²) in [7, 11) is 1.64. The maximum absolute atomic E-state index is 9.73. The molecule has 1 rings (SSSR count). The van der Waals surface area contributed by atoms with Crippen LogP contribution in [0.4, 0.5) is 0 Å². The van der Waals surface area contributed by atoms with E-state index in [4.69, 9.17) is 10.5 Å². The molecule has 0 aliphatic heterocycles. The van der Waals surface area contributed by atoms with Gasteiger partial charge in [-0.15, -0.1) is 11.8 Å². The molecule has 0 radical (unpaired) electrons. The molecule has 0 saturated heterocycles. The van der Waals surface area contributed by atoms with Gasteiger partial charge in [-0.1, -0.05) is 6.07 Å². The molecule has 0 aliphatic carbocycles. The summed E-state index contributed by atoms with van der Waals surface area (Å²) < 4.78 is 5.11. The third kappa shape index (κ3) is 4.11. The van der Waals surface area contributed by atoms with Gasteiger partial charge in [-0.05, 0) is 25.1 Å². The van der Waals surface area contributed by atoms with Crippen LogP contribution in [-0.2, 0) is 0 Å². The summed E-state index contributed by atoms with van der Waals surface area (Å²) >= 11 is 1.57. The van der Waals surface area contributed by atoms with Gasteiger partial charge >= 0.3 is 0 Å². The molecule has 3 nitrogen and oxygen atoms in total. The Balaban J connectivity index is 2.57. The van der Waals surface area contributed by atoms with Crippen molar-refractivity contribution in [3.8, 4) is 5.75 Å². The number of rotatable bonds is 5. The Morgan fingerprint density at radius 1 is 1.53 bits per heavy atom. The van der Waals surface area contributed by atoms with Crippen molar-refractivity contribution in [3.05, 3.63) is 24.3 Å². The van der Waals surface area contributed by atoms with Gasteiger partial charge in [-0.3, -0.25) is 0 Å². The highest BCUT2D eigenvalue weighted by Gasteiger charge is 2.17. The van der Waals surface area contributed by atoms with Gasteiger partial charge in [0, 0.05) is 17.2 Å². The van der Waals surface area contributed by atoms with Gasteiger partial charge < -0.3 is 15.6 Å². The van der Waals surface area contributed by atoms with Gasteiger partial charge in [0.1, 0.15) is 5.75 Å². The first-order valence-electron chi connectivity index (χ1n) is 4.77. The lowest BCUT2D eigenvalue weighted by molar-refractivity contribution is 0.0949. The third-order valence-corrected chi connectivity index (χ3v) is 3.38. The molecule has 1 aromatic carbocycles. The van der Waals surface area contributed by atoms with Crippen molar-refractivity contribution in [1.29, 1.82) is 0 Å². The Bertz CT molecular complexity index is 315. The Morgan fingerprint density at radius 3 is 2.87 bits per heavy atom. The van der Waals surface area contributed by atoms with E-state index in [1.807, 2.05) is 24.3 Å². The molecule has 15 heavy (non-hydrogen) atoms. The molecule has 0 aliphatic rings. The normalized spacial score (nSPS) is 14.7. The number of hydrogen-bond acceptors (Lipinski definition) is 4. The highest BCUT2D eigenvalue weighted by Crippen LogP contribution is 2.25. The highest BCUT2D eigenvalue weighted by atomic mass is 32.2. The SMILES string of the molecule is COc1cccc(SCC(C)(O)CN)c1. The second-order valence-corrected chi connectivity index (χ2v) is 4.72. The van der Waals surface area contributed by atoms with Crippen LogP contribution in [0.15, 0.2) is 29.2 Å². The summed E-state index contributed by atoms with van der Waals surface area (Å²) in [4.78, 5) is 1.07. The molecule has 0 fully saturated rings.